The maximum Gasteiger partial charge on any atom is 0.389 e. The Morgan fingerprint density at radius 3 is 2.38 bits per heavy atom. The fraction of sp³-hybridized carbons (Fsp3) is 0.778. The molecule has 2 N–H and O–H groups in total. The average Bonchev–Trinajstić information content (AvgIpc) is 2.94. The Kier molecular flexibility index (Phi) is 2.88. The second kappa shape index (κ2) is 4.04. The number of halogens is 3. The number of hydrogen-bond acceptors (Lipinski definition) is 3. The Morgan fingerprint density at radius 2 is 1.88 bits per heavy atom. The van der Waals surface area contributed by atoms with E-state index in [1.807, 2.05) is 0 Å². The molecular weight excluding hydrogens is 221 g/mol. The van der Waals surface area contributed by atoms with Gasteiger partial charge in [0.2, 0.25) is 0 Å². The van der Waals surface area contributed by atoms with Crippen LogP contribution in [0.3, 0.4) is 0 Å². The third kappa shape index (κ3) is 2.52. The summed E-state index contributed by atoms with van der Waals surface area (Å²) >= 11 is 0. The van der Waals surface area contributed by atoms with Gasteiger partial charge in [0.05, 0.1) is 13.0 Å². The van der Waals surface area contributed by atoms with E-state index in [9.17, 15) is 13.2 Å². The summed E-state index contributed by atoms with van der Waals surface area (Å²) in [5.74, 6) is 0.986. The highest BCUT2D eigenvalue weighted by Gasteiger charge is 2.32. The van der Waals surface area contributed by atoms with E-state index < -0.39 is 12.6 Å². The van der Waals surface area contributed by atoms with Gasteiger partial charge in [-0.2, -0.15) is 13.2 Å². The fourth-order valence-electron chi connectivity index (χ4n) is 1.68. The molecule has 4 nitrogen and oxygen atoms in total. The molecule has 1 fully saturated rings. The third-order valence-electron chi connectivity index (χ3n) is 2.56. The first-order valence-electron chi connectivity index (χ1n) is 5.20. The van der Waals surface area contributed by atoms with Crippen molar-refractivity contribution in [2.45, 2.75) is 44.4 Å². The van der Waals surface area contributed by atoms with Gasteiger partial charge in [0.1, 0.15) is 11.6 Å². The zero-order valence-electron chi connectivity index (χ0n) is 8.67. The summed E-state index contributed by atoms with van der Waals surface area (Å²) < 4.78 is 38.1. The zero-order chi connectivity index (χ0) is 11.8. The third-order valence-corrected chi connectivity index (χ3v) is 2.56. The molecular formula is C9H13F3N4. The van der Waals surface area contributed by atoms with Crippen molar-refractivity contribution in [1.82, 2.24) is 14.8 Å². The fourth-order valence-corrected chi connectivity index (χ4v) is 1.68. The van der Waals surface area contributed by atoms with Crippen LogP contribution in [0.5, 0.6) is 0 Å². The van der Waals surface area contributed by atoms with Crippen molar-refractivity contribution >= 4 is 0 Å². The number of nitrogens with zero attached hydrogens (tertiary/aromatic N) is 3. The van der Waals surface area contributed by atoms with E-state index in [-0.39, 0.29) is 19.0 Å². The number of rotatable bonds is 4. The van der Waals surface area contributed by atoms with Gasteiger partial charge in [-0.1, -0.05) is 0 Å². The van der Waals surface area contributed by atoms with Crippen LogP contribution in [0.15, 0.2) is 0 Å². The first-order valence-corrected chi connectivity index (χ1v) is 5.20. The summed E-state index contributed by atoms with van der Waals surface area (Å²) in [7, 11) is 0. The van der Waals surface area contributed by atoms with Crippen molar-refractivity contribution in [2.24, 2.45) is 5.73 Å². The minimum Gasteiger partial charge on any atom is -0.324 e. The van der Waals surface area contributed by atoms with Crippen LogP contribution >= 0.6 is 0 Å². The molecule has 0 atom stereocenters. The van der Waals surface area contributed by atoms with Crippen LogP contribution in [-0.2, 0) is 13.0 Å². The van der Waals surface area contributed by atoms with Gasteiger partial charge in [-0.25, -0.2) is 0 Å². The standard InChI is InChI=1S/C9H13F3N4/c10-9(11,12)4-3-7-14-15-8(5-13)16(7)6-1-2-6/h6H,1-5,13H2. The van der Waals surface area contributed by atoms with Crippen molar-refractivity contribution in [3.05, 3.63) is 11.6 Å². The second-order valence-electron chi connectivity index (χ2n) is 3.95. The van der Waals surface area contributed by atoms with Gasteiger partial charge in [0.15, 0.2) is 0 Å². The molecule has 1 aromatic heterocycles. The van der Waals surface area contributed by atoms with Gasteiger partial charge in [0.25, 0.3) is 0 Å². The minimum atomic E-state index is -4.15. The number of alkyl halides is 3. The topological polar surface area (TPSA) is 56.7 Å². The molecule has 1 saturated carbocycles. The molecule has 7 heteroatoms. The summed E-state index contributed by atoms with van der Waals surface area (Å²) in [5, 5.41) is 7.60. The summed E-state index contributed by atoms with van der Waals surface area (Å²) in [6.45, 7) is 0.218. The normalized spacial score (nSPS) is 16.8. The smallest absolute Gasteiger partial charge is 0.324 e. The highest BCUT2D eigenvalue weighted by atomic mass is 19.4. The summed E-state index contributed by atoms with van der Waals surface area (Å²) in [4.78, 5) is 0. The summed E-state index contributed by atoms with van der Waals surface area (Å²) in [6.07, 6.45) is -3.17. The van der Waals surface area contributed by atoms with E-state index in [0.29, 0.717) is 11.6 Å². The molecule has 0 amide bonds. The first kappa shape index (κ1) is 11.4. The molecule has 1 aromatic rings. The Balaban J connectivity index is 2.11. The lowest BCUT2D eigenvalue weighted by Gasteiger charge is -2.09. The Bertz CT molecular complexity index is 367. The average molecular weight is 234 g/mol. The van der Waals surface area contributed by atoms with Crippen LogP contribution in [-0.4, -0.2) is 20.9 Å². The molecule has 0 radical (unpaired) electrons. The van der Waals surface area contributed by atoms with Gasteiger partial charge in [-0.15, -0.1) is 10.2 Å². The molecule has 0 saturated heterocycles. The molecule has 0 aromatic carbocycles. The van der Waals surface area contributed by atoms with Gasteiger partial charge < -0.3 is 10.3 Å². The van der Waals surface area contributed by atoms with Crippen molar-refractivity contribution in [2.75, 3.05) is 0 Å². The number of aromatic nitrogens is 3. The molecule has 2 rings (SSSR count). The van der Waals surface area contributed by atoms with Crippen molar-refractivity contribution in [3.63, 3.8) is 0 Å². The van der Waals surface area contributed by atoms with Crippen LogP contribution < -0.4 is 5.73 Å². The lowest BCUT2D eigenvalue weighted by molar-refractivity contribution is -0.134. The van der Waals surface area contributed by atoms with E-state index >= 15 is 0 Å². The lowest BCUT2D eigenvalue weighted by atomic mass is 10.3. The monoisotopic (exact) mass is 234 g/mol. The first-order chi connectivity index (χ1) is 7.51. The molecule has 1 aliphatic carbocycles. The van der Waals surface area contributed by atoms with Gasteiger partial charge >= 0.3 is 6.18 Å². The molecule has 0 bridgehead atoms. The van der Waals surface area contributed by atoms with Crippen molar-refractivity contribution in [1.29, 1.82) is 0 Å². The van der Waals surface area contributed by atoms with Crippen LogP contribution in [0.25, 0.3) is 0 Å². The molecule has 16 heavy (non-hydrogen) atoms. The number of hydrogen-bond donors (Lipinski definition) is 1. The number of nitrogens with two attached hydrogens (primary N) is 1. The van der Waals surface area contributed by atoms with Crippen LogP contribution in [0.1, 0.15) is 37.0 Å². The van der Waals surface area contributed by atoms with E-state index in [0.717, 1.165) is 12.8 Å². The highest BCUT2D eigenvalue weighted by molar-refractivity contribution is 5.03. The predicted octanol–water partition coefficient (Wildman–Crippen LogP) is 1.57. The van der Waals surface area contributed by atoms with E-state index in [4.69, 9.17) is 5.73 Å². The van der Waals surface area contributed by atoms with Crippen LogP contribution in [0.2, 0.25) is 0 Å². The van der Waals surface area contributed by atoms with E-state index in [1.165, 1.54) is 0 Å². The van der Waals surface area contributed by atoms with Gasteiger partial charge in [-0.3, -0.25) is 0 Å². The largest absolute Gasteiger partial charge is 0.389 e. The molecule has 0 spiro atoms. The summed E-state index contributed by atoms with van der Waals surface area (Å²) in [6, 6.07) is 0.261. The Hall–Kier alpha value is -1.11. The summed E-state index contributed by atoms with van der Waals surface area (Å²) in [5.41, 5.74) is 5.47. The van der Waals surface area contributed by atoms with Crippen LogP contribution in [0, 0.1) is 0 Å². The zero-order valence-corrected chi connectivity index (χ0v) is 8.67. The minimum absolute atomic E-state index is 0.118. The lowest BCUT2D eigenvalue weighted by Crippen LogP contribution is -2.13. The van der Waals surface area contributed by atoms with Crippen molar-refractivity contribution in [3.8, 4) is 0 Å². The molecule has 1 aliphatic rings. The van der Waals surface area contributed by atoms with Gasteiger partial charge in [-0.05, 0) is 12.8 Å². The quantitative estimate of drug-likeness (QED) is 0.860. The second-order valence-corrected chi connectivity index (χ2v) is 3.95. The number of aryl methyl sites for hydroxylation is 1. The van der Waals surface area contributed by atoms with Gasteiger partial charge in [0, 0.05) is 12.5 Å². The van der Waals surface area contributed by atoms with E-state index in [1.54, 1.807) is 4.57 Å². The molecule has 0 unspecified atom stereocenters. The SMILES string of the molecule is NCc1nnc(CCC(F)(F)F)n1C1CC1. The highest BCUT2D eigenvalue weighted by Crippen LogP contribution is 2.37. The molecule has 90 valence electrons. The van der Waals surface area contributed by atoms with Crippen molar-refractivity contribution < 1.29 is 13.2 Å². The van der Waals surface area contributed by atoms with Crippen LogP contribution in [0.4, 0.5) is 13.2 Å². The maximum absolute atomic E-state index is 12.1. The molecule has 0 aliphatic heterocycles. The maximum atomic E-state index is 12.1. The van der Waals surface area contributed by atoms with E-state index in [2.05, 4.69) is 10.2 Å². The molecule has 1 heterocycles. The predicted molar refractivity (Wildman–Crippen MR) is 50.6 cm³/mol. The Labute approximate surface area is 90.6 Å². The Morgan fingerprint density at radius 1 is 1.25 bits per heavy atom.